The molecule has 1 saturated carbocycles. The van der Waals surface area contributed by atoms with Crippen LogP contribution in [0.2, 0.25) is 0 Å². The van der Waals surface area contributed by atoms with Crippen molar-refractivity contribution in [1.29, 1.82) is 0 Å². The molecule has 0 bridgehead atoms. The Morgan fingerprint density at radius 1 is 1.11 bits per heavy atom. The number of ether oxygens (including phenoxy) is 1. The minimum absolute atomic E-state index is 0.202. The molecule has 1 aliphatic carbocycles. The molecular weight excluding hydrogens is 236 g/mol. The average Bonchev–Trinajstić information content (AvgIpc) is 2.44. The summed E-state index contributed by atoms with van der Waals surface area (Å²) in [4.78, 5) is 0. The average molecular weight is 262 g/mol. The van der Waals surface area contributed by atoms with Gasteiger partial charge in [0.15, 0.2) is 0 Å². The molecule has 0 aliphatic heterocycles. The summed E-state index contributed by atoms with van der Waals surface area (Å²) in [6.07, 6.45) is 2.83. The van der Waals surface area contributed by atoms with Gasteiger partial charge in [-0.2, -0.15) is 0 Å². The van der Waals surface area contributed by atoms with E-state index in [1.165, 1.54) is 6.42 Å². The summed E-state index contributed by atoms with van der Waals surface area (Å²) in [5, 5.41) is 10.7. The summed E-state index contributed by atoms with van der Waals surface area (Å²) in [6.45, 7) is 4.62. The monoisotopic (exact) mass is 262 g/mol. The van der Waals surface area contributed by atoms with Crippen molar-refractivity contribution in [3.8, 4) is 0 Å². The van der Waals surface area contributed by atoms with Gasteiger partial charge >= 0.3 is 0 Å². The third-order valence-corrected chi connectivity index (χ3v) is 4.81. The largest absolute Gasteiger partial charge is 0.390 e. The predicted octanol–water partition coefficient (Wildman–Crippen LogP) is 3.81. The van der Waals surface area contributed by atoms with E-state index >= 15 is 0 Å². The van der Waals surface area contributed by atoms with Crippen LogP contribution in [0.4, 0.5) is 0 Å². The first-order valence-electron chi connectivity index (χ1n) is 7.39. The standard InChI is InChI=1S/C17H26O2/c1-12-9-10-15(11-13(12)2)16(18)17(19-3)14-7-5-4-6-8-14/h4-8,12-13,15-18H,9-11H2,1-3H3. The van der Waals surface area contributed by atoms with Gasteiger partial charge in [-0.25, -0.2) is 0 Å². The third kappa shape index (κ3) is 3.37. The topological polar surface area (TPSA) is 29.5 Å². The zero-order valence-corrected chi connectivity index (χ0v) is 12.3. The smallest absolute Gasteiger partial charge is 0.108 e. The molecule has 0 amide bonds. The summed E-state index contributed by atoms with van der Waals surface area (Å²) in [5.74, 6) is 1.83. The number of methoxy groups -OCH3 is 1. The molecule has 0 radical (unpaired) electrons. The van der Waals surface area contributed by atoms with E-state index in [9.17, 15) is 5.11 Å². The molecule has 2 rings (SSSR count). The lowest BCUT2D eigenvalue weighted by Gasteiger charge is -2.37. The van der Waals surface area contributed by atoms with Gasteiger partial charge in [-0.1, -0.05) is 50.6 Å². The molecule has 2 nitrogen and oxygen atoms in total. The normalized spacial score (nSPS) is 30.8. The third-order valence-electron chi connectivity index (χ3n) is 4.81. The van der Waals surface area contributed by atoms with Crippen LogP contribution in [0.5, 0.6) is 0 Å². The Morgan fingerprint density at radius 2 is 1.79 bits per heavy atom. The molecule has 106 valence electrons. The summed E-state index contributed by atoms with van der Waals surface area (Å²) < 4.78 is 5.56. The van der Waals surface area contributed by atoms with Gasteiger partial charge in [0.05, 0.1) is 6.10 Å². The summed E-state index contributed by atoms with van der Waals surface area (Å²) in [6, 6.07) is 10.1. The quantitative estimate of drug-likeness (QED) is 0.894. The Hall–Kier alpha value is -0.860. The fraction of sp³-hybridized carbons (Fsp3) is 0.647. The molecule has 0 saturated heterocycles. The van der Waals surface area contributed by atoms with Gasteiger partial charge in [0.25, 0.3) is 0 Å². The van der Waals surface area contributed by atoms with Crippen molar-refractivity contribution in [3.63, 3.8) is 0 Å². The van der Waals surface area contributed by atoms with Crippen molar-refractivity contribution in [2.45, 2.75) is 45.3 Å². The van der Waals surface area contributed by atoms with Crippen LogP contribution in [0, 0.1) is 17.8 Å². The van der Waals surface area contributed by atoms with Crippen molar-refractivity contribution >= 4 is 0 Å². The Kier molecular flexibility index (Phi) is 5.00. The second-order valence-corrected chi connectivity index (χ2v) is 6.09. The predicted molar refractivity (Wildman–Crippen MR) is 77.9 cm³/mol. The Morgan fingerprint density at radius 3 is 2.37 bits per heavy atom. The minimum atomic E-state index is -0.401. The molecule has 1 fully saturated rings. The Bertz CT molecular complexity index is 376. The molecule has 0 heterocycles. The fourth-order valence-electron chi connectivity index (χ4n) is 3.26. The molecule has 2 heteroatoms. The van der Waals surface area contributed by atoms with Crippen molar-refractivity contribution in [2.24, 2.45) is 17.8 Å². The molecule has 1 aliphatic rings. The highest BCUT2D eigenvalue weighted by Gasteiger charge is 2.34. The molecular formula is C17H26O2. The van der Waals surface area contributed by atoms with E-state index in [2.05, 4.69) is 13.8 Å². The fourth-order valence-corrected chi connectivity index (χ4v) is 3.26. The Balaban J connectivity index is 2.07. The van der Waals surface area contributed by atoms with E-state index in [4.69, 9.17) is 4.74 Å². The maximum absolute atomic E-state index is 10.7. The van der Waals surface area contributed by atoms with Gasteiger partial charge in [-0.15, -0.1) is 0 Å². The van der Waals surface area contributed by atoms with Crippen molar-refractivity contribution in [3.05, 3.63) is 35.9 Å². The molecule has 5 unspecified atom stereocenters. The summed E-state index contributed by atoms with van der Waals surface area (Å²) in [5.41, 5.74) is 1.07. The van der Waals surface area contributed by atoms with Crippen LogP contribution in [0.25, 0.3) is 0 Å². The lowest BCUT2D eigenvalue weighted by atomic mass is 9.72. The highest BCUT2D eigenvalue weighted by molar-refractivity contribution is 5.19. The van der Waals surface area contributed by atoms with E-state index < -0.39 is 6.10 Å². The molecule has 5 atom stereocenters. The zero-order chi connectivity index (χ0) is 13.8. The van der Waals surface area contributed by atoms with E-state index in [1.807, 2.05) is 30.3 Å². The van der Waals surface area contributed by atoms with Crippen LogP contribution < -0.4 is 0 Å². The molecule has 0 aromatic heterocycles. The van der Waals surface area contributed by atoms with Gasteiger partial charge < -0.3 is 9.84 Å². The highest BCUT2D eigenvalue weighted by Crippen LogP contribution is 2.38. The van der Waals surface area contributed by atoms with E-state index in [-0.39, 0.29) is 6.10 Å². The van der Waals surface area contributed by atoms with Crippen molar-refractivity contribution < 1.29 is 9.84 Å². The number of aliphatic hydroxyl groups is 1. The number of hydrogen-bond acceptors (Lipinski definition) is 2. The highest BCUT2D eigenvalue weighted by atomic mass is 16.5. The van der Waals surface area contributed by atoms with Crippen LogP contribution >= 0.6 is 0 Å². The number of rotatable bonds is 4. The number of benzene rings is 1. The van der Waals surface area contributed by atoms with Crippen LogP contribution in [-0.4, -0.2) is 18.3 Å². The van der Waals surface area contributed by atoms with Crippen LogP contribution in [0.3, 0.4) is 0 Å². The first-order chi connectivity index (χ1) is 9.13. The maximum Gasteiger partial charge on any atom is 0.108 e. The van der Waals surface area contributed by atoms with Gasteiger partial charge in [-0.3, -0.25) is 0 Å². The second-order valence-electron chi connectivity index (χ2n) is 6.09. The molecule has 1 N–H and O–H groups in total. The van der Waals surface area contributed by atoms with E-state index in [0.717, 1.165) is 24.3 Å². The van der Waals surface area contributed by atoms with Crippen molar-refractivity contribution in [1.82, 2.24) is 0 Å². The molecule has 1 aromatic rings. The SMILES string of the molecule is COC(c1ccccc1)C(O)C1CCC(C)C(C)C1. The number of aliphatic hydroxyl groups excluding tert-OH is 1. The van der Waals surface area contributed by atoms with Gasteiger partial charge in [0.1, 0.15) is 6.10 Å². The summed E-state index contributed by atoms with van der Waals surface area (Å²) in [7, 11) is 1.69. The minimum Gasteiger partial charge on any atom is -0.390 e. The lowest BCUT2D eigenvalue weighted by Crippen LogP contribution is -2.34. The van der Waals surface area contributed by atoms with E-state index in [0.29, 0.717) is 11.8 Å². The molecule has 19 heavy (non-hydrogen) atoms. The molecule has 1 aromatic carbocycles. The zero-order valence-electron chi connectivity index (χ0n) is 12.3. The first-order valence-corrected chi connectivity index (χ1v) is 7.39. The maximum atomic E-state index is 10.7. The van der Waals surface area contributed by atoms with Crippen LogP contribution in [0.1, 0.15) is 44.8 Å². The van der Waals surface area contributed by atoms with Crippen LogP contribution in [0.15, 0.2) is 30.3 Å². The second kappa shape index (κ2) is 6.53. The van der Waals surface area contributed by atoms with Crippen molar-refractivity contribution in [2.75, 3.05) is 7.11 Å². The van der Waals surface area contributed by atoms with Gasteiger partial charge in [0.2, 0.25) is 0 Å². The Labute approximate surface area is 116 Å². The lowest BCUT2D eigenvalue weighted by molar-refractivity contribution is -0.0593. The van der Waals surface area contributed by atoms with Gasteiger partial charge in [-0.05, 0) is 36.2 Å². The van der Waals surface area contributed by atoms with E-state index in [1.54, 1.807) is 7.11 Å². The number of hydrogen-bond donors (Lipinski definition) is 1. The first kappa shape index (κ1) is 14.5. The molecule has 0 spiro atoms. The summed E-state index contributed by atoms with van der Waals surface area (Å²) >= 11 is 0. The van der Waals surface area contributed by atoms with Crippen LogP contribution in [-0.2, 0) is 4.74 Å². The van der Waals surface area contributed by atoms with Gasteiger partial charge in [0, 0.05) is 7.11 Å².